The van der Waals surface area contributed by atoms with Crippen molar-refractivity contribution in [2.45, 2.75) is 39.0 Å². The summed E-state index contributed by atoms with van der Waals surface area (Å²) in [6.07, 6.45) is 7.10. The molecule has 0 aromatic heterocycles. The van der Waals surface area contributed by atoms with Crippen LogP contribution in [-0.4, -0.2) is 0 Å². The lowest BCUT2D eigenvalue weighted by molar-refractivity contribution is 0.666. The molecule has 0 heterocycles. The Morgan fingerprint density at radius 3 is 2.46 bits per heavy atom. The minimum Gasteiger partial charge on any atom is -0.0591 e. The van der Waals surface area contributed by atoms with Crippen molar-refractivity contribution in [1.29, 1.82) is 0 Å². The van der Waals surface area contributed by atoms with E-state index < -0.39 is 0 Å². The van der Waals surface area contributed by atoms with Crippen molar-refractivity contribution in [3.63, 3.8) is 0 Å². The second-order valence-corrected chi connectivity index (χ2v) is 4.32. The Morgan fingerprint density at radius 2 is 1.85 bits per heavy atom. The van der Waals surface area contributed by atoms with Gasteiger partial charge in [0.25, 0.3) is 0 Å². The highest BCUT2D eigenvalue weighted by atomic mass is 14.3. The zero-order valence-electron chi connectivity index (χ0n) is 8.42. The lowest BCUT2D eigenvalue weighted by Crippen LogP contribution is -1.86. The maximum absolute atomic E-state index is 2.27. The molecular formula is C13H18. The topological polar surface area (TPSA) is 0 Å². The number of rotatable bonds is 4. The average molecular weight is 174 g/mol. The van der Waals surface area contributed by atoms with Crippen LogP contribution in [-0.2, 0) is 6.42 Å². The lowest BCUT2D eigenvalue weighted by Gasteiger charge is -2.00. The van der Waals surface area contributed by atoms with Crippen molar-refractivity contribution in [3.8, 4) is 0 Å². The standard InChI is InChI=1S/C13H18/c1-11-5-7-12(8-6-11)3-2-4-13-9-10-13/h5-8,13H,2-4,9-10H2,1H3. The molecule has 0 atom stereocenters. The maximum Gasteiger partial charge on any atom is -0.0279 e. The molecule has 1 saturated carbocycles. The second-order valence-electron chi connectivity index (χ2n) is 4.32. The third-order valence-electron chi connectivity index (χ3n) is 2.90. The fraction of sp³-hybridized carbons (Fsp3) is 0.538. The summed E-state index contributed by atoms with van der Waals surface area (Å²) in [4.78, 5) is 0. The van der Waals surface area contributed by atoms with Crippen LogP contribution in [0.5, 0.6) is 0 Å². The zero-order chi connectivity index (χ0) is 9.10. The fourth-order valence-corrected chi connectivity index (χ4v) is 1.76. The molecule has 0 radical (unpaired) electrons. The predicted octanol–water partition coefficient (Wildman–Crippen LogP) is 3.73. The quantitative estimate of drug-likeness (QED) is 0.652. The van der Waals surface area contributed by atoms with E-state index in [0.29, 0.717) is 0 Å². The molecule has 0 amide bonds. The highest BCUT2D eigenvalue weighted by molar-refractivity contribution is 5.21. The van der Waals surface area contributed by atoms with Crippen molar-refractivity contribution in [2.24, 2.45) is 5.92 Å². The normalized spacial score (nSPS) is 16.1. The van der Waals surface area contributed by atoms with Gasteiger partial charge in [-0.15, -0.1) is 0 Å². The molecule has 1 aliphatic carbocycles. The first-order valence-electron chi connectivity index (χ1n) is 5.40. The Bertz CT molecular complexity index is 254. The molecule has 0 saturated heterocycles. The van der Waals surface area contributed by atoms with Crippen LogP contribution in [0, 0.1) is 12.8 Å². The van der Waals surface area contributed by atoms with Crippen LogP contribution in [0.1, 0.15) is 36.8 Å². The van der Waals surface area contributed by atoms with Crippen LogP contribution in [0.3, 0.4) is 0 Å². The number of benzene rings is 1. The van der Waals surface area contributed by atoms with E-state index in [1.807, 2.05) is 0 Å². The van der Waals surface area contributed by atoms with Crippen LogP contribution < -0.4 is 0 Å². The van der Waals surface area contributed by atoms with Crippen LogP contribution >= 0.6 is 0 Å². The largest absolute Gasteiger partial charge is 0.0591 e. The van der Waals surface area contributed by atoms with Crippen molar-refractivity contribution in [1.82, 2.24) is 0 Å². The Labute approximate surface area is 81.0 Å². The van der Waals surface area contributed by atoms with Gasteiger partial charge in [-0.25, -0.2) is 0 Å². The van der Waals surface area contributed by atoms with Crippen LogP contribution in [0.4, 0.5) is 0 Å². The molecule has 1 aromatic carbocycles. The number of aryl methyl sites for hydroxylation is 2. The molecule has 1 aromatic rings. The van der Waals surface area contributed by atoms with Gasteiger partial charge in [0.1, 0.15) is 0 Å². The van der Waals surface area contributed by atoms with Crippen molar-refractivity contribution in [3.05, 3.63) is 35.4 Å². The van der Waals surface area contributed by atoms with E-state index >= 15 is 0 Å². The molecule has 0 unspecified atom stereocenters. The lowest BCUT2D eigenvalue weighted by atomic mass is 10.1. The molecule has 1 aliphatic rings. The van der Waals surface area contributed by atoms with Gasteiger partial charge in [0.05, 0.1) is 0 Å². The van der Waals surface area contributed by atoms with Gasteiger partial charge >= 0.3 is 0 Å². The van der Waals surface area contributed by atoms with E-state index in [9.17, 15) is 0 Å². The van der Waals surface area contributed by atoms with Gasteiger partial charge < -0.3 is 0 Å². The van der Waals surface area contributed by atoms with E-state index in [2.05, 4.69) is 31.2 Å². The Hall–Kier alpha value is -0.780. The number of hydrogen-bond acceptors (Lipinski definition) is 0. The molecule has 0 spiro atoms. The molecule has 0 heteroatoms. The van der Waals surface area contributed by atoms with Crippen molar-refractivity contribution < 1.29 is 0 Å². The van der Waals surface area contributed by atoms with Crippen molar-refractivity contribution >= 4 is 0 Å². The van der Waals surface area contributed by atoms with Crippen LogP contribution in [0.2, 0.25) is 0 Å². The molecule has 1 fully saturated rings. The maximum atomic E-state index is 2.27. The highest BCUT2D eigenvalue weighted by Gasteiger charge is 2.19. The number of hydrogen-bond donors (Lipinski definition) is 0. The predicted molar refractivity (Wildman–Crippen MR) is 56.8 cm³/mol. The Kier molecular flexibility index (Phi) is 2.68. The first-order valence-corrected chi connectivity index (χ1v) is 5.40. The third-order valence-corrected chi connectivity index (χ3v) is 2.90. The van der Waals surface area contributed by atoms with Crippen LogP contribution in [0.15, 0.2) is 24.3 Å². The van der Waals surface area contributed by atoms with Gasteiger partial charge in [0.15, 0.2) is 0 Å². The minimum absolute atomic E-state index is 1.09. The van der Waals surface area contributed by atoms with Gasteiger partial charge in [-0.1, -0.05) is 49.1 Å². The summed E-state index contributed by atoms with van der Waals surface area (Å²) in [6.45, 7) is 2.15. The third kappa shape index (κ3) is 2.87. The molecule has 0 N–H and O–H groups in total. The van der Waals surface area contributed by atoms with E-state index in [-0.39, 0.29) is 0 Å². The van der Waals surface area contributed by atoms with Crippen molar-refractivity contribution in [2.75, 3.05) is 0 Å². The monoisotopic (exact) mass is 174 g/mol. The van der Waals surface area contributed by atoms with Crippen LogP contribution in [0.25, 0.3) is 0 Å². The molecule has 0 nitrogen and oxygen atoms in total. The molecule has 0 bridgehead atoms. The average Bonchev–Trinajstić information content (AvgIpc) is 2.92. The second kappa shape index (κ2) is 3.95. The van der Waals surface area contributed by atoms with Gasteiger partial charge in [0.2, 0.25) is 0 Å². The molecule has 2 rings (SSSR count). The summed E-state index contributed by atoms with van der Waals surface area (Å²) < 4.78 is 0. The van der Waals surface area contributed by atoms with E-state index in [4.69, 9.17) is 0 Å². The first-order chi connectivity index (χ1) is 6.34. The molecular weight excluding hydrogens is 156 g/mol. The van der Waals surface area contributed by atoms with E-state index in [0.717, 1.165) is 5.92 Å². The fourth-order valence-electron chi connectivity index (χ4n) is 1.76. The molecule has 13 heavy (non-hydrogen) atoms. The van der Waals surface area contributed by atoms with Gasteiger partial charge in [-0.3, -0.25) is 0 Å². The van der Waals surface area contributed by atoms with Gasteiger partial charge in [-0.05, 0) is 31.2 Å². The summed E-state index contributed by atoms with van der Waals surface area (Å²) >= 11 is 0. The highest BCUT2D eigenvalue weighted by Crippen LogP contribution is 2.33. The first kappa shape index (κ1) is 8.80. The SMILES string of the molecule is Cc1ccc(CCCC2CC2)cc1. The van der Waals surface area contributed by atoms with Gasteiger partial charge in [0, 0.05) is 0 Å². The zero-order valence-corrected chi connectivity index (χ0v) is 8.42. The summed E-state index contributed by atoms with van der Waals surface area (Å²) in [5.74, 6) is 1.09. The Balaban J connectivity index is 1.76. The van der Waals surface area contributed by atoms with Gasteiger partial charge in [-0.2, -0.15) is 0 Å². The Morgan fingerprint density at radius 1 is 1.15 bits per heavy atom. The summed E-state index contributed by atoms with van der Waals surface area (Å²) in [6, 6.07) is 8.96. The molecule has 70 valence electrons. The minimum atomic E-state index is 1.09. The summed E-state index contributed by atoms with van der Waals surface area (Å²) in [7, 11) is 0. The summed E-state index contributed by atoms with van der Waals surface area (Å²) in [5.41, 5.74) is 2.87. The molecule has 0 aliphatic heterocycles. The van der Waals surface area contributed by atoms with E-state index in [1.54, 1.807) is 0 Å². The summed E-state index contributed by atoms with van der Waals surface area (Å²) in [5, 5.41) is 0. The van der Waals surface area contributed by atoms with E-state index in [1.165, 1.54) is 43.2 Å². The smallest absolute Gasteiger partial charge is 0.0279 e.